The maximum Gasteiger partial charge on any atom is 0.349 e. The van der Waals surface area contributed by atoms with Gasteiger partial charge < -0.3 is 14.8 Å². The van der Waals surface area contributed by atoms with Gasteiger partial charge >= 0.3 is 11.9 Å². The second-order valence-corrected chi connectivity index (χ2v) is 8.65. The Morgan fingerprint density at radius 2 is 1.74 bits per heavy atom. The number of benzene rings is 1. The molecule has 1 aromatic heterocycles. The number of nitrogens with zero attached hydrogens (tertiary/aromatic N) is 1. The van der Waals surface area contributed by atoms with Crippen LogP contribution in [0.4, 0.5) is 10.7 Å². The molecule has 2 aromatic rings. The summed E-state index contributed by atoms with van der Waals surface area (Å²) >= 11 is 0.938. The lowest BCUT2D eigenvalue weighted by Crippen LogP contribution is -2.23. The van der Waals surface area contributed by atoms with E-state index >= 15 is 0 Å². The summed E-state index contributed by atoms with van der Waals surface area (Å²) < 4.78 is 10.5. The molecule has 10 heteroatoms. The minimum absolute atomic E-state index is 0.0705. The van der Waals surface area contributed by atoms with Crippen LogP contribution in [-0.2, 0) is 20.7 Å². The number of carbonyl (C=O) groups excluding carboxylic acids is 3. The highest BCUT2D eigenvalue weighted by molar-refractivity contribution is 7.18. The molecule has 166 valence electrons. The van der Waals surface area contributed by atoms with Crippen LogP contribution < -0.4 is 5.32 Å². The average Bonchev–Trinajstić information content (AvgIpc) is 2.97. The molecule has 0 spiro atoms. The molecule has 0 saturated carbocycles. The van der Waals surface area contributed by atoms with Crippen molar-refractivity contribution in [3.8, 4) is 0 Å². The van der Waals surface area contributed by atoms with Gasteiger partial charge in [0.2, 0.25) is 5.91 Å². The molecule has 0 bridgehead atoms. The van der Waals surface area contributed by atoms with E-state index in [0.717, 1.165) is 11.3 Å². The quantitative estimate of drug-likeness (QED) is 0.381. The van der Waals surface area contributed by atoms with E-state index < -0.39 is 28.4 Å². The number of nitro benzene ring substituents is 1. The van der Waals surface area contributed by atoms with Gasteiger partial charge in [-0.1, -0.05) is 12.1 Å². The zero-order chi connectivity index (χ0) is 23.3. The summed E-state index contributed by atoms with van der Waals surface area (Å²) in [6.07, 6.45) is -0.0705. The zero-order valence-corrected chi connectivity index (χ0v) is 18.8. The first-order valence-electron chi connectivity index (χ1n) is 9.50. The summed E-state index contributed by atoms with van der Waals surface area (Å²) in [5, 5.41) is 13.6. The number of carbonyl (C=O) groups is 3. The number of ether oxygens (including phenoxy) is 2. The Kier molecular flexibility index (Phi) is 7.50. The van der Waals surface area contributed by atoms with Crippen LogP contribution in [0.15, 0.2) is 24.3 Å². The molecule has 2 rings (SSSR count). The van der Waals surface area contributed by atoms with Gasteiger partial charge in [0.1, 0.15) is 15.5 Å². The Morgan fingerprint density at radius 3 is 2.26 bits per heavy atom. The third-order valence-corrected chi connectivity index (χ3v) is 5.16. The lowest BCUT2D eigenvalue weighted by atomic mass is 10.1. The van der Waals surface area contributed by atoms with Gasteiger partial charge in [0.15, 0.2) is 0 Å². The van der Waals surface area contributed by atoms with Gasteiger partial charge in [0.25, 0.3) is 5.69 Å². The van der Waals surface area contributed by atoms with Crippen LogP contribution in [-0.4, -0.2) is 35.0 Å². The van der Waals surface area contributed by atoms with Crippen LogP contribution in [0.3, 0.4) is 0 Å². The molecule has 0 aliphatic carbocycles. The first kappa shape index (κ1) is 24.0. The molecule has 0 atom stereocenters. The van der Waals surface area contributed by atoms with Crippen molar-refractivity contribution in [3.63, 3.8) is 0 Å². The molecule has 0 aliphatic rings. The van der Waals surface area contributed by atoms with E-state index in [9.17, 15) is 24.5 Å². The van der Waals surface area contributed by atoms with Gasteiger partial charge in [-0.3, -0.25) is 14.9 Å². The fourth-order valence-corrected chi connectivity index (χ4v) is 3.75. The number of thiophene rings is 1. The van der Waals surface area contributed by atoms with Crippen molar-refractivity contribution >= 4 is 39.9 Å². The fourth-order valence-electron chi connectivity index (χ4n) is 2.66. The molecule has 1 amide bonds. The summed E-state index contributed by atoms with van der Waals surface area (Å²) in [6.45, 7) is 8.56. The molecule has 0 saturated heterocycles. The topological polar surface area (TPSA) is 125 Å². The van der Waals surface area contributed by atoms with E-state index in [2.05, 4.69) is 5.32 Å². The van der Waals surface area contributed by atoms with E-state index in [1.165, 1.54) is 24.3 Å². The summed E-state index contributed by atoms with van der Waals surface area (Å²) in [7, 11) is 0. The minimum atomic E-state index is -0.725. The fraction of sp³-hybridized carbons (Fsp3) is 0.381. The molecule has 31 heavy (non-hydrogen) atoms. The predicted octanol–water partition coefficient (Wildman–Crippen LogP) is 4.28. The van der Waals surface area contributed by atoms with Gasteiger partial charge in [-0.05, 0) is 45.7 Å². The van der Waals surface area contributed by atoms with Crippen LogP contribution in [0.1, 0.15) is 58.9 Å². The normalized spacial score (nSPS) is 11.0. The van der Waals surface area contributed by atoms with Crippen molar-refractivity contribution in [2.24, 2.45) is 0 Å². The van der Waals surface area contributed by atoms with Crippen LogP contribution in [0.5, 0.6) is 0 Å². The summed E-state index contributed by atoms with van der Waals surface area (Å²) in [5.41, 5.74) is 0.218. The molecule has 0 fully saturated rings. The van der Waals surface area contributed by atoms with Gasteiger partial charge in [0.05, 0.1) is 23.5 Å². The van der Waals surface area contributed by atoms with E-state index in [0.29, 0.717) is 11.1 Å². The number of nitro groups is 1. The van der Waals surface area contributed by atoms with E-state index in [1.54, 1.807) is 34.6 Å². The lowest BCUT2D eigenvalue weighted by Gasteiger charge is -2.19. The van der Waals surface area contributed by atoms with Crippen molar-refractivity contribution in [1.82, 2.24) is 0 Å². The zero-order valence-electron chi connectivity index (χ0n) is 17.9. The molecule has 9 nitrogen and oxygen atoms in total. The number of rotatable bonds is 7. The lowest BCUT2D eigenvalue weighted by molar-refractivity contribution is -0.384. The Labute approximate surface area is 183 Å². The average molecular weight is 448 g/mol. The Hall–Kier alpha value is -3.27. The number of anilines is 1. The smallest absolute Gasteiger partial charge is 0.349 e. The highest BCUT2D eigenvalue weighted by atomic mass is 32.1. The first-order valence-corrected chi connectivity index (χ1v) is 10.3. The Morgan fingerprint density at radius 1 is 1.13 bits per heavy atom. The highest BCUT2D eigenvalue weighted by Gasteiger charge is 2.29. The Balaban J connectivity index is 2.29. The summed E-state index contributed by atoms with van der Waals surface area (Å²) in [4.78, 5) is 48.0. The SMILES string of the molecule is CCOC(=O)c1c(NC(=O)Cc2ccc([N+](=O)[O-])cc2)sc(C(=O)OC(C)(C)C)c1C. The van der Waals surface area contributed by atoms with Crippen molar-refractivity contribution in [3.05, 3.63) is 55.9 Å². The van der Waals surface area contributed by atoms with Crippen molar-refractivity contribution in [2.45, 2.75) is 46.6 Å². The predicted molar refractivity (Wildman–Crippen MR) is 116 cm³/mol. The van der Waals surface area contributed by atoms with E-state index in [4.69, 9.17) is 9.47 Å². The standard InChI is InChI=1S/C21H24N2O7S/c1-6-29-19(25)16-12(2)17(20(26)30-21(3,4)5)31-18(16)22-15(24)11-13-7-9-14(10-8-13)23(27)28/h7-10H,6,11H2,1-5H3,(H,22,24). The van der Waals surface area contributed by atoms with E-state index in [-0.39, 0.29) is 34.2 Å². The second kappa shape index (κ2) is 9.69. The number of amides is 1. The third-order valence-electron chi connectivity index (χ3n) is 3.98. The van der Waals surface area contributed by atoms with Gasteiger partial charge in [-0.25, -0.2) is 9.59 Å². The maximum absolute atomic E-state index is 12.6. The highest BCUT2D eigenvalue weighted by Crippen LogP contribution is 2.35. The monoisotopic (exact) mass is 448 g/mol. The summed E-state index contributed by atoms with van der Waals surface area (Å²) in [5.74, 6) is -1.70. The summed E-state index contributed by atoms with van der Waals surface area (Å²) in [6, 6.07) is 5.58. The van der Waals surface area contributed by atoms with Crippen molar-refractivity contribution < 1.29 is 28.8 Å². The number of non-ortho nitro benzene ring substituents is 1. The van der Waals surface area contributed by atoms with Crippen molar-refractivity contribution in [1.29, 1.82) is 0 Å². The molecule has 1 N–H and O–H groups in total. The van der Waals surface area contributed by atoms with Crippen LogP contribution in [0.2, 0.25) is 0 Å². The Bertz CT molecular complexity index is 1000. The number of nitrogens with one attached hydrogen (secondary N) is 1. The first-order chi connectivity index (χ1) is 14.4. The van der Waals surface area contributed by atoms with Gasteiger partial charge in [-0.2, -0.15) is 0 Å². The molecule has 0 unspecified atom stereocenters. The van der Waals surface area contributed by atoms with Gasteiger partial charge in [0, 0.05) is 12.1 Å². The van der Waals surface area contributed by atoms with Crippen LogP contribution in [0.25, 0.3) is 0 Å². The minimum Gasteiger partial charge on any atom is -0.462 e. The number of esters is 2. The molecular formula is C21H24N2O7S. The molecule has 0 radical (unpaired) electrons. The number of hydrogen-bond acceptors (Lipinski definition) is 8. The van der Waals surface area contributed by atoms with Crippen LogP contribution >= 0.6 is 11.3 Å². The maximum atomic E-state index is 12.6. The molecular weight excluding hydrogens is 424 g/mol. The molecule has 1 heterocycles. The second-order valence-electron chi connectivity index (χ2n) is 7.63. The van der Waals surface area contributed by atoms with Crippen LogP contribution in [0, 0.1) is 17.0 Å². The molecule has 0 aliphatic heterocycles. The third kappa shape index (κ3) is 6.35. The van der Waals surface area contributed by atoms with Gasteiger partial charge in [-0.15, -0.1) is 11.3 Å². The molecule has 1 aromatic carbocycles. The number of hydrogen-bond donors (Lipinski definition) is 1. The van der Waals surface area contributed by atoms with Crippen molar-refractivity contribution in [2.75, 3.05) is 11.9 Å². The van der Waals surface area contributed by atoms with E-state index in [1.807, 2.05) is 0 Å². The largest absolute Gasteiger partial charge is 0.462 e.